The van der Waals surface area contributed by atoms with Crippen molar-refractivity contribution in [3.05, 3.63) is 71.1 Å². The lowest BCUT2D eigenvalue weighted by atomic mass is 9.96. The Morgan fingerprint density at radius 1 is 1.20 bits per heavy atom. The topological polar surface area (TPSA) is 41.6 Å². The van der Waals surface area contributed by atoms with Crippen molar-refractivity contribution in [2.45, 2.75) is 25.1 Å². The van der Waals surface area contributed by atoms with Crippen molar-refractivity contribution in [3.8, 4) is 11.5 Å². The first kappa shape index (κ1) is 22.2. The molecule has 4 rings (SSSR count). The van der Waals surface area contributed by atoms with Crippen molar-refractivity contribution in [2.75, 3.05) is 19.6 Å². The molecule has 0 aliphatic carbocycles. The van der Waals surface area contributed by atoms with Crippen LogP contribution in [-0.4, -0.2) is 36.5 Å². The summed E-state index contributed by atoms with van der Waals surface area (Å²) in [6.45, 7) is 5.57. The van der Waals surface area contributed by atoms with E-state index in [1.165, 1.54) is 17.5 Å². The minimum absolute atomic E-state index is 0.0113. The number of carbonyl (C=O) groups is 1. The van der Waals surface area contributed by atoms with Gasteiger partial charge < -0.3 is 15.0 Å². The molecule has 2 aromatic carbocycles. The third-order valence-corrected chi connectivity index (χ3v) is 5.11. The van der Waals surface area contributed by atoms with E-state index in [2.05, 4.69) is 24.5 Å². The Hall–Kier alpha value is -2.45. The number of fused-ring (bicyclic) bond motifs is 1. The van der Waals surface area contributed by atoms with Gasteiger partial charge in [-0.25, -0.2) is 0 Å². The molecule has 1 atom stereocenters. The molecule has 2 aliphatic heterocycles. The van der Waals surface area contributed by atoms with E-state index in [4.69, 9.17) is 4.74 Å². The molecule has 2 heterocycles. The Morgan fingerprint density at radius 3 is 2.50 bits per heavy atom. The molecule has 1 unspecified atom stereocenters. The van der Waals surface area contributed by atoms with Crippen LogP contribution in [0.15, 0.2) is 54.5 Å². The quantitative estimate of drug-likeness (QED) is 0.672. The van der Waals surface area contributed by atoms with E-state index in [0.29, 0.717) is 30.0 Å². The molecule has 1 N–H and O–H groups in total. The number of halogens is 3. The van der Waals surface area contributed by atoms with E-state index in [9.17, 15) is 18.0 Å². The van der Waals surface area contributed by atoms with Crippen molar-refractivity contribution in [3.63, 3.8) is 0 Å². The van der Waals surface area contributed by atoms with E-state index in [0.717, 1.165) is 37.2 Å². The first-order valence-electron chi connectivity index (χ1n) is 9.59. The molecule has 4 nitrogen and oxygen atoms in total. The molecule has 2 aromatic rings. The van der Waals surface area contributed by atoms with Gasteiger partial charge in [-0.1, -0.05) is 12.6 Å². The average molecular weight is 436 g/mol. The Morgan fingerprint density at radius 2 is 1.90 bits per heavy atom. The fraction of sp³-hybridized carbons (Fsp3) is 0.318. The number of ether oxygens (including phenoxy) is 1. The maximum Gasteiger partial charge on any atom is 0.416 e. The number of hydrogen-bond acceptors (Lipinski definition) is 4. The zero-order valence-corrected chi connectivity index (χ0v) is 17.2. The molecule has 160 valence electrons. The highest BCUT2D eigenvalue weighted by atomic mass is 32.1. The molecular weight excluding hydrogens is 413 g/mol. The van der Waals surface area contributed by atoms with Crippen molar-refractivity contribution in [1.29, 1.82) is 0 Å². The van der Waals surface area contributed by atoms with Gasteiger partial charge in [-0.15, -0.1) is 0 Å². The number of rotatable bonds is 3. The van der Waals surface area contributed by atoms with Gasteiger partial charge in [0, 0.05) is 30.3 Å². The summed E-state index contributed by atoms with van der Waals surface area (Å²) >= 11 is 3.55. The maximum absolute atomic E-state index is 12.9. The van der Waals surface area contributed by atoms with Crippen LogP contribution < -0.4 is 10.1 Å². The first-order chi connectivity index (χ1) is 14.3. The molecule has 0 radical (unpaired) electrons. The first-order valence-corrected chi connectivity index (χ1v) is 10.1. The maximum atomic E-state index is 12.9. The second-order valence-electron chi connectivity index (χ2n) is 6.98. The van der Waals surface area contributed by atoms with Gasteiger partial charge >= 0.3 is 6.18 Å². The monoisotopic (exact) mass is 436 g/mol. The predicted octanol–water partition coefficient (Wildman–Crippen LogP) is 4.92. The lowest BCUT2D eigenvalue weighted by Gasteiger charge is -2.33. The minimum Gasteiger partial charge on any atom is -0.457 e. The summed E-state index contributed by atoms with van der Waals surface area (Å²) in [5, 5.41) is 4.72. The summed E-state index contributed by atoms with van der Waals surface area (Å²) in [6.07, 6.45) is -2.77. The number of alkyl halides is 3. The number of hydrogen-bond donors (Lipinski definition) is 2. The summed E-state index contributed by atoms with van der Waals surface area (Å²) in [4.78, 5) is 14.8. The third kappa shape index (κ3) is 4.99. The highest BCUT2D eigenvalue weighted by molar-refractivity contribution is 7.83. The van der Waals surface area contributed by atoms with Crippen LogP contribution >= 0.6 is 12.6 Å². The standard InChI is InChI=1S/C20H19F3N2O2.C2H4S/c21-20(22,23)13-4-6-15(7-5-13)27-18-3-1-2-17-16(18)9-11-25(19(17)26)14-8-10-24-12-14;1-2-3/h1-7,14,24H,8-12H2;2-3H,1H2. The van der Waals surface area contributed by atoms with Gasteiger partial charge in [0.1, 0.15) is 11.5 Å². The normalized spacial score (nSPS) is 18.3. The lowest BCUT2D eigenvalue weighted by Crippen LogP contribution is -2.45. The molecule has 1 fully saturated rings. The highest BCUT2D eigenvalue weighted by Crippen LogP contribution is 2.34. The average Bonchev–Trinajstić information content (AvgIpc) is 3.24. The SMILES string of the molecule is C=CS.O=C1c2cccc(Oc3ccc(C(F)(F)F)cc3)c2CCN1C1CCNC1. The zero-order valence-electron chi connectivity index (χ0n) is 16.3. The fourth-order valence-electron chi connectivity index (χ4n) is 3.70. The Bertz CT molecular complexity index is 894. The van der Waals surface area contributed by atoms with Crippen LogP contribution in [0.2, 0.25) is 0 Å². The van der Waals surface area contributed by atoms with Gasteiger partial charge in [-0.3, -0.25) is 4.79 Å². The van der Waals surface area contributed by atoms with Gasteiger partial charge in [0.25, 0.3) is 5.91 Å². The summed E-state index contributed by atoms with van der Waals surface area (Å²) in [5.74, 6) is 0.818. The second kappa shape index (κ2) is 9.57. The van der Waals surface area contributed by atoms with Crippen LogP contribution in [0.5, 0.6) is 11.5 Å². The molecule has 1 amide bonds. The van der Waals surface area contributed by atoms with Gasteiger partial charge in [-0.05, 0) is 61.2 Å². The summed E-state index contributed by atoms with van der Waals surface area (Å²) in [7, 11) is 0. The smallest absolute Gasteiger partial charge is 0.416 e. The molecule has 30 heavy (non-hydrogen) atoms. The molecule has 2 aliphatic rings. The van der Waals surface area contributed by atoms with Crippen molar-refractivity contribution in [1.82, 2.24) is 10.2 Å². The van der Waals surface area contributed by atoms with E-state index < -0.39 is 11.7 Å². The lowest BCUT2D eigenvalue weighted by molar-refractivity contribution is -0.137. The van der Waals surface area contributed by atoms with E-state index in [1.807, 2.05) is 4.90 Å². The summed E-state index contributed by atoms with van der Waals surface area (Å²) in [5.41, 5.74) is 0.697. The van der Waals surface area contributed by atoms with E-state index in [1.54, 1.807) is 18.2 Å². The number of carbonyl (C=O) groups excluding carboxylic acids is 1. The molecule has 1 saturated heterocycles. The number of benzene rings is 2. The molecule has 0 aromatic heterocycles. The van der Waals surface area contributed by atoms with Crippen LogP contribution in [0.1, 0.15) is 27.9 Å². The van der Waals surface area contributed by atoms with Crippen LogP contribution in [0.3, 0.4) is 0 Å². The van der Waals surface area contributed by atoms with Gasteiger partial charge in [0.05, 0.1) is 5.56 Å². The molecule has 0 spiro atoms. The van der Waals surface area contributed by atoms with Crippen molar-refractivity contribution in [2.24, 2.45) is 0 Å². The highest BCUT2D eigenvalue weighted by Gasteiger charge is 2.33. The van der Waals surface area contributed by atoms with Gasteiger partial charge in [0.2, 0.25) is 0 Å². The Balaban J connectivity index is 0.000000806. The van der Waals surface area contributed by atoms with Crippen molar-refractivity contribution < 1.29 is 22.7 Å². The predicted molar refractivity (Wildman–Crippen MR) is 113 cm³/mol. The molecular formula is C22H23F3N2O2S. The largest absolute Gasteiger partial charge is 0.457 e. The fourth-order valence-corrected chi connectivity index (χ4v) is 3.70. The van der Waals surface area contributed by atoms with E-state index in [-0.39, 0.29) is 11.9 Å². The summed E-state index contributed by atoms with van der Waals surface area (Å²) in [6, 6.07) is 10.1. The second-order valence-corrected chi connectivity index (χ2v) is 7.35. The van der Waals surface area contributed by atoms with Crippen LogP contribution in [-0.2, 0) is 12.6 Å². The number of nitrogens with zero attached hydrogens (tertiary/aromatic N) is 1. The zero-order chi connectivity index (χ0) is 21.7. The van der Waals surface area contributed by atoms with Crippen LogP contribution in [0.25, 0.3) is 0 Å². The molecule has 0 saturated carbocycles. The van der Waals surface area contributed by atoms with Crippen LogP contribution in [0, 0.1) is 0 Å². The van der Waals surface area contributed by atoms with Gasteiger partial charge in [-0.2, -0.15) is 25.8 Å². The van der Waals surface area contributed by atoms with Gasteiger partial charge in [0.15, 0.2) is 0 Å². The molecule has 8 heteroatoms. The summed E-state index contributed by atoms with van der Waals surface area (Å²) < 4.78 is 43.9. The Kier molecular flexibility index (Phi) is 7.10. The van der Waals surface area contributed by atoms with Crippen LogP contribution in [0.4, 0.5) is 13.2 Å². The third-order valence-electron chi connectivity index (χ3n) is 5.11. The minimum atomic E-state index is -4.38. The molecule has 0 bridgehead atoms. The Labute approximate surface area is 179 Å². The number of nitrogens with one attached hydrogen (secondary N) is 1. The number of thiol groups is 1. The van der Waals surface area contributed by atoms with Crippen molar-refractivity contribution >= 4 is 18.5 Å². The van der Waals surface area contributed by atoms with E-state index >= 15 is 0 Å². The number of amides is 1.